The van der Waals surface area contributed by atoms with Gasteiger partial charge in [0, 0.05) is 25.3 Å². The summed E-state index contributed by atoms with van der Waals surface area (Å²) in [5, 5.41) is 27.3. The molecule has 1 aliphatic rings. The van der Waals surface area contributed by atoms with E-state index >= 15 is 0 Å². The topological polar surface area (TPSA) is 154 Å². The number of nitro groups is 2. The Bertz CT molecular complexity index is 970. The molecule has 1 heterocycles. The van der Waals surface area contributed by atoms with Crippen LogP contribution in [-0.2, 0) is 4.74 Å². The van der Waals surface area contributed by atoms with E-state index in [0.29, 0.717) is 13.2 Å². The summed E-state index contributed by atoms with van der Waals surface area (Å²) >= 11 is 0. The average Bonchev–Trinajstić information content (AvgIpc) is 3.25. The molecule has 156 valence electrons. The molecule has 0 spiro atoms. The van der Waals surface area contributed by atoms with Crippen molar-refractivity contribution in [2.75, 3.05) is 18.5 Å². The molecule has 1 fully saturated rings. The van der Waals surface area contributed by atoms with Gasteiger partial charge in [-0.3, -0.25) is 29.8 Å². The maximum atomic E-state index is 12.6. The number of non-ortho nitro benzene ring substituents is 2. The van der Waals surface area contributed by atoms with Gasteiger partial charge in [0.2, 0.25) is 0 Å². The Labute approximate surface area is 170 Å². The van der Waals surface area contributed by atoms with Crippen molar-refractivity contribution in [3.8, 4) is 0 Å². The first-order valence-electron chi connectivity index (χ1n) is 9.09. The highest BCUT2D eigenvalue weighted by Crippen LogP contribution is 2.24. The maximum absolute atomic E-state index is 12.6. The molecule has 1 atom stereocenters. The van der Waals surface area contributed by atoms with Crippen LogP contribution in [0.1, 0.15) is 33.6 Å². The summed E-state index contributed by atoms with van der Waals surface area (Å²) in [4.78, 5) is 45.5. The lowest BCUT2D eigenvalue weighted by molar-refractivity contribution is -0.394. The third-order valence-electron chi connectivity index (χ3n) is 4.52. The summed E-state index contributed by atoms with van der Waals surface area (Å²) in [5.41, 5.74) is -1.09. The molecule has 2 aromatic rings. The molecule has 2 amide bonds. The van der Waals surface area contributed by atoms with Crippen molar-refractivity contribution >= 4 is 28.9 Å². The number of hydrogen-bond acceptors (Lipinski definition) is 7. The number of nitrogens with one attached hydrogen (secondary N) is 2. The number of carbonyl (C=O) groups is 2. The highest BCUT2D eigenvalue weighted by molar-refractivity contribution is 6.09. The van der Waals surface area contributed by atoms with Crippen LogP contribution in [0.25, 0.3) is 0 Å². The minimum absolute atomic E-state index is 0.0545. The SMILES string of the molecule is O=C(Nc1ccccc1C(=O)NCC1CCCO1)c1cc([N+](=O)[O-])cc([N+](=O)[O-])c1. The average molecular weight is 414 g/mol. The predicted octanol–water partition coefficient (Wildman–Crippen LogP) is 2.66. The molecule has 11 heteroatoms. The van der Waals surface area contributed by atoms with Gasteiger partial charge in [0.05, 0.1) is 38.8 Å². The molecular formula is C19H18N4O7. The lowest BCUT2D eigenvalue weighted by atomic mass is 10.1. The number of nitrogens with zero attached hydrogens (tertiary/aromatic N) is 2. The van der Waals surface area contributed by atoms with Crippen molar-refractivity contribution in [3.63, 3.8) is 0 Å². The summed E-state index contributed by atoms with van der Waals surface area (Å²) in [6.07, 6.45) is 1.73. The molecule has 0 radical (unpaired) electrons. The van der Waals surface area contributed by atoms with E-state index in [4.69, 9.17) is 4.74 Å². The Morgan fingerprint density at radius 3 is 2.30 bits per heavy atom. The van der Waals surface area contributed by atoms with Crippen molar-refractivity contribution in [2.24, 2.45) is 0 Å². The molecule has 0 bridgehead atoms. The van der Waals surface area contributed by atoms with Gasteiger partial charge >= 0.3 is 0 Å². The molecule has 0 aromatic heterocycles. The van der Waals surface area contributed by atoms with Crippen LogP contribution in [0.2, 0.25) is 0 Å². The minimum atomic E-state index is -0.823. The highest BCUT2D eigenvalue weighted by atomic mass is 16.6. The van der Waals surface area contributed by atoms with Crippen LogP contribution < -0.4 is 10.6 Å². The van der Waals surface area contributed by atoms with Crippen LogP contribution >= 0.6 is 0 Å². The van der Waals surface area contributed by atoms with Gasteiger partial charge < -0.3 is 15.4 Å². The van der Waals surface area contributed by atoms with Crippen molar-refractivity contribution in [2.45, 2.75) is 18.9 Å². The van der Waals surface area contributed by atoms with Crippen LogP contribution in [0.15, 0.2) is 42.5 Å². The number of rotatable bonds is 7. The maximum Gasteiger partial charge on any atom is 0.277 e. The van der Waals surface area contributed by atoms with E-state index in [1.54, 1.807) is 12.1 Å². The second-order valence-corrected chi connectivity index (χ2v) is 6.60. The molecule has 1 saturated heterocycles. The van der Waals surface area contributed by atoms with E-state index in [0.717, 1.165) is 31.0 Å². The number of ether oxygens (including phenoxy) is 1. The molecule has 11 nitrogen and oxygen atoms in total. The van der Waals surface area contributed by atoms with Gasteiger partial charge in [0.25, 0.3) is 23.2 Å². The fraction of sp³-hybridized carbons (Fsp3) is 0.263. The lowest BCUT2D eigenvalue weighted by Crippen LogP contribution is -2.32. The first-order chi connectivity index (χ1) is 14.3. The molecule has 0 saturated carbocycles. The smallest absolute Gasteiger partial charge is 0.277 e. The zero-order chi connectivity index (χ0) is 21.7. The van der Waals surface area contributed by atoms with Crippen molar-refractivity contribution in [1.29, 1.82) is 0 Å². The van der Waals surface area contributed by atoms with Crippen molar-refractivity contribution in [3.05, 3.63) is 73.8 Å². The molecule has 0 aliphatic carbocycles. The Morgan fingerprint density at radius 1 is 1.03 bits per heavy atom. The number of para-hydroxylation sites is 1. The zero-order valence-electron chi connectivity index (χ0n) is 15.7. The monoisotopic (exact) mass is 414 g/mol. The Hall–Kier alpha value is -3.86. The second-order valence-electron chi connectivity index (χ2n) is 6.60. The van der Waals surface area contributed by atoms with E-state index in [9.17, 15) is 29.8 Å². The third-order valence-corrected chi connectivity index (χ3v) is 4.52. The minimum Gasteiger partial charge on any atom is -0.376 e. The van der Waals surface area contributed by atoms with Gasteiger partial charge in [-0.05, 0) is 25.0 Å². The molecule has 2 N–H and O–H groups in total. The van der Waals surface area contributed by atoms with Gasteiger partial charge in [-0.1, -0.05) is 12.1 Å². The molecular weight excluding hydrogens is 396 g/mol. The van der Waals surface area contributed by atoms with Crippen LogP contribution in [-0.4, -0.2) is 40.9 Å². The molecule has 30 heavy (non-hydrogen) atoms. The third kappa shape index (κ3) is 4.94. The fourth-order valence-electron chi connectivity index (χ4n) is 3.03. The van der Waals surface area contributed by atoms with Crippen LogP contribution in [0, 0.1) is 20.2 Å². The van der Waals surface area contributed by atoms with E-state index in [2.05, 4.69) is 10.6 Å². The van der Waals surface area contributed by atoms with Gasteiger partial charge in [0.15, 0.2) is 0 Å². The quantitative estimate of drug-likeness (QED) is 0.521. The number of hydrogen-bond donors (Lipinski definition) is 2. The fourth-order valence-corrected chi connectivity index (χ4v) is 3.03. The Morgan fingerprint density at radius 2 is 1.70 bits per heavy atom. The first kappa shape index (κ1) is 20.9. The van der Waals surface area contributed by atoms with Gasteiger partial charge in [-0.15, -0.1) is 0 Å². The zero-order valence-corrected chi connectivity index (χ0v) is 15.7. The number of anilines is 1. The molecule has 2 aromatic carbocycles. The summed E-state index contributed by atoms with van der Waals surface area (Å²) in [5.74, 6) is -1.24. The first-order valence-corrected chi connectivity index (χ1v) is 9.09. The second kappa shape index (κ2) is 9.09. The van der Waals surface area contributed by atoms with Gasteiger partial charge in [0.1, 0.15) is 0 Å². The summed E-state index contributed by atoms with van der Waals surface area (Å²) in [7, 11) is 0. The van der Waals surface area contributed by atoms with Crippen molar-refractivity contribution < 1.29 is 24.2 Å². The van der Waals surface area contributed by atoms with Crippen LogP contribution in [0.5, 0.6) is 0 Å². The van der Waals surface area contributed by atoms with E-state index in [1.165, 1.54) is 12.1 Å². The Kier molecular flexibility index (Phi) is 6.32. The summed E-state index contributed by atoms with van der Waals surface area (Å²) < 4.78 is 5.46. The number of nitro benzene ring substituents is 2. The van der Waals surface area contributed by atoms with E-state index in [1.807, 2.05) is 0 Å². The molecule has 1 aliphatic heterocycles. The highest BCUT2D eigenvalue weighted by Gasteiger charge is 2.22. The standard InChI is InChI=1S/C19H18N4O7/c24-18(12-8-13(22(26)27)10-14(9-12)23(28)29)21-17-6-2-1-5-16(17)19(25)20-11-15-4-3-7-30-15/h1-2,5-6,8-10,15H,3-4,7,11H2,(H,20,25)(H,21,24). The summed E-state index contributed by atoms with van der Waals surface area (Å²) in [6.45, 7) is 0.987. The van der Waals surface area contributed by atoms with E-state index in [-0.39, 0.29) is 22.9 Å². The van der Waals surface area contributed by atoms with Crippen LogP contribution in [0.3, 0.4) is 0 Å². The van der Waals surface area contributed by atoms with Gasteiger partial charge in [-0.2, -0.15) is 0 Å². The van der Waals surface area contributed by atoms with E-state index < -0.39 is 33.0 Å². The number of carbonyl (C=O) groups excluding carboxylic acids is 2. The molecule has 3 rings (SSSR count). The predicted molar refractivity (Wildman–Crippen MR) is 105 cm³/mol. The van der Waals surface area contributed by atoms with Gasteiger partial charge in [-0.25, -0.2) is 0 Å². The molecule has 1 unspecified atom stereocenters. The largest absolute Gasteiger partial charge is 0.376 e. The lowest BCUT2D eigenvalue weighted by Gasteiger charge is -2.14. The van der Waals surface area contributed by atoms with Crippen molar-refractivity contribution in [1.82, 2.24) is 5.32 Å². The Balaban J connectivity index is 1.79. The normalized spacial score (nSPS) is 15.4. The van der Waals surface area contributed by atoms with Crippen LogP contribution in [0.4, 0.5) is 17.1 Å². The number of benzene rings is 2. The summed E-state index contributed by atoms with van der Waals surface area (Å²) in [6, 6.07) is 8.85. The number of amides is 2.